The summed E-state index contributed by atoms with van der Waals surface area (Å²) in [6.45, 7) is 5.21. The average molecular weight is 270 g/mol. The summed E-state index contributed by atoms with van der Waals surface area (Å²) >= 11 is 0. The van der Waals surface area contributed by atoms with Crippen LogP contribution in [0.2, 0.25) is 0 Å². The van der Waals surface area contributed by atoms with Crippen LogP contribution in [0.1, 0.15) is 28.4 Å². The first-order chi connectivity index (χ1) is 9.66. The van der Waals surface area contributed by atoms with E-state index in [0.29, 0.717) is 19.0 Å². The average Bonchev–Trinajstić information content (AvgIpc) is 2.49. The summed E-state index contributed by atoms with van der Waals surface area (Å²) in [5.41, 5.74) is 4.05. The highest BCUT2D eigenvalue weighted by atomic mass is 16.6. The lowest BCUT2D eigenvalue weighted by molar-refractivity contribution is 0.169. The molecule has 1 N–H and O–H groups in total. The minimum absolute atomic E-state index is 0.552. The Bertz CT molecular complexity index is 634. The Morgan fingerprint density at radius 1 is 1.00 bits per heavy atom. The second-order valence-corrected chi connectivity index (χ2v) is 5.09. The molecule has 0 radical (unpaired) electrons. The van der Waals surface area contributed by atoms with E-state index in [-0.39, 0.29) is 0 Å². The summed E-state index contributed by atoms with van der Waals surface area (Å²) in [7, 11) is 0. The lowest BCUT2D eigenvalue weighted by Gasteiger charge is -2.21. The van der Waals surface area contributed by atoms with Crippen molar-refractivity contribution in [3.05, 3.63) is 58.7 Å². The summed E-state index contributed by atoms with van der Waals surface area (Å²) < 4.78 is 11.1. The third-order valence-corrected chi connectivity index (χ3v) is 3.82. The number of ether oxygens (including phenoxy) is 2. The van der Waals surface area contributed by atoms with Gasteiger partial charge in [0.05, 0.1) is 0 Å². The Labute approximate surface area is 118 Å². The predicted molar refractivity (Wildman–Crippen MR) is 77.4 cm³/mol. The molecule has 0 amide bonds. The molecule has 0 aromatic heterocycles. The van der Waals surface area contributed by atoms with Crippen LogP contribution in [-0.2, 0) is 0 Å². The van der Waals surface area contributed by atoms with E-state index in [9.17, 15) is 5.11 Å². The molecular weight excluding hydrogens is 252 g/mol. The minimum atomic E-state index is -0.647. The maximum Gasteiger partial charge on any atom is 0.161 e. The zero-order valence-corrected chi connectivity index (χ0v) is 11.7. The Balaban J connectivity index is 1.98. The van der Waals surface area contributed by atoms with Gasteiger partial charge in [-0.15, -0.1) is 0 Å². The van der Waals surface area contributed by atoms with Crippen molar-refractivity contribution in [1.29, 1.82) is 0 Å². The number of aryl methyl sites for hydroxylation is 1. The van der Waals surface area contributed by atoms with Gasteiger partial charge in [-0.3, -0.25) is 0 Å². The highest BCUT2D eigenvalue weighted by Crippen LogP contribution is 2.35. The number of hydrogen-bond donors (Lipinski definition) is 1. The van der Waals surface area contributed by atoms with E-state index < -0.39 is 6.10 Å². The van der Waals surface area contributed by atoms with Crippen molar-refractivity contribution < 1.29 is 14.6 Å². The van der Waals surface area contributed by atoms with E-state index in [0.717, 1.165) is 22.4 Å². The molecule has 1 atom stereocenters. The van der Waals surface area contributed by atoms with Crippen LogP contribution < -0.4 is 9.47 Å². The molecule has 3 heteroatoms. The van der Waals surface area contributed by atoms with E-state index >= 15 is 0 Å². The quantitative estimate of drug-likeness (QED) is 0.911. The molecule has 1 aliphatic heterocycles. The van der Waals surface area contributed by atoms with Gasteiger partial charge in [-0.2, -0.15) is 0 Å². The van der Waals surface area contributed by atoms with Crippen LogP contribution in [0.3, 0.4) is 0 Å². The molecule has 104 valence electrons. The van der Waals surface area contributed by atoms with Gasteiger partial charge in [0.15, 0.2) is 11.5 Å². The minimum Gasteiger partial charge on any atom is -0.486 e. The fourth-order valence-corrected chi connectivity index (χ4v) is 2.48. The van der Waals surface area contributed by atoms with Gasteiger partial charge >= 0.3 is 0 Å². The molecule has 20 heavy (non-hydrogen) atoms. The molecule has 0 bridgehead atoms. The van der Waals surface area contributed by atoms with Crippen LogP contribution >= 0.6 is 0 Å². The molecule has 2 aromatic carbocycles. The standard InChI is InChI=1S/C17H18O3/c1-11-4-3-5-14(12(11)2)17(18)13-6-7-15-16(10-13)20-9-8-19-15/h3-7,10,17-18H,8-9H2,1-2H3. The van der Waals surface area contributed by atoms with Crippen molar-refractivity contribution in [1.82, 2.24) is 0 Å². The number of rotatable bonds is 2. The first-order valence-electron chi connectivity index (χ1n) is 6.80. The lowest BCUT2D eigenvalue weighted by Crippen LogP contribution is -2.15. The van der Waals surface area contributed by atoms with E-state index in [1.807, 2.05) is 37.3 Å². The first-order valence-corrected chi connectivity index (χ1v) is 6.80. The van der Waals surface area contributed by atoms with Gasteiger partial charge in [0.25, 0.3) is 0 Å². The molecule has 0 saturated heterocycles. The number of hydrogen-bond acceptors (Lipinski definition) is 3. The molecule has 0 spiro atoms. The van der Waals surface area contributed by atoms with Gasteiger partial charge in [-0.1, -0.05) is 24.3 Å². The smallest absolute Gasteiger partial charge is 0.161 e. The van der Waals surface area contributed by atoms with Crippen molar-refractivity contribution in [3.8, 4) is 11.5 Å². The van der Waals surface area contributed by atoms with Gasteiger partial charge in [-0.25, -0.2) is 0 Å². The third-order valence-electron chi connectivity index (χ3n) is 3.82. The van der Waals surface area contributed by atoms with E-state index in [4.69, 9.17) is 9.47 Å². The van der Waals surface area contributed by atoms with Crippen molar-refractivity contribution in [3.63, 3.8) is 0 Å². The SMILES string of the molecule is Cc1cccc(C(O)c2ccc3c(c2)OCCO3)c1C. The Kier molecular flexibility index (Phi) is 3.36. The second kappa shape index (κ2) is 5.17. The number of benzene rings is 2. The monoisotopic (exact) mass is 270 g/mol. The summed E-state index contributed by atoms with van der Waals surface area (Å²) in [6.07, 6.45) is -0.647. The fourth-order valence-electron chi connectivity index (χ4n) is 2.48. The van der Waals surface area contributed by atoms with Gasteiger partial charge < -0.3 is 14.6 Å². The third kappa shape index (κ3) is 2.25. The molecule has 0 fully saturated rings. The summed E-state index contributed by atoms with van der Waals surface area (Å²) in [5.74, 6) is 1.45. The highest BCUT2D eigenvalue weighted by Gasteiger charge is 2.18. The lowest BCUT2D eigenvalue weighted by atomic mass is 9.94. The molecule has 1 aliphatic rings. The molecule has 0 aliphatic carbocycles. The number of fused-ring (bicyclic) bond motifs is 1. The van der Waals surface area contributed by atoms with Gasteiger partial charge in [0.2, 0.25) is 0 Å². The van der Waals surface area contributed by atoms with Gasteiger partial charge in [-0.05, 0) is 48.2 Å². The molecule has 0 saturated carbocycles. The number of aliphatic hydroxyl groups excluding tert-OH is 1. The normalized spacial score (nSPS) is 14.9. The van der Waals surface area contributed by atoms with E-state index in [2.05, 4.69) is 13.0 Å². The van der Waals surface area contributed by atoms with Crippen LogP contribution in [0.15, 0.2) is 36.4 Å². The zero-order valence-electron chi connectivity index (χ0n) is 11.7. The largest absolute Gasteiger partial charge is 0.486 e. The topological polar surface area (TPSA) is 38.7 Å². The zero-order chi connectivity index (χ0) is 14.1. The van der Waals surface area contributed by atoms with E-state index in [1.54, 1.807) is 0 Å². The molecule has 2 aromatic rings. The predicted octanol–water partition coefficient (Wildman–Crippen LogP) is 3.16. The Morgan fingerprint density at radius 3 is 2.55 bits per heavy atom. The van der Waals surface area contributed by atoms with Crippen LogP contribution in [0.4, 0.5) is 0 Å². The highest BCUT2D eigenvalue weighted by molar-refractivity contribution is 5.47. The van der Waals surface area contributed by atoms with Gasteiger partial charge in [0.1, 0.15) is 19.3 Å². The first kappa shape index (κ1) is 13.0. The van der Waals surface area contributed by atoms with E-state index in [1.165, 1.54) is 5.56 Å². The molecule has 1 heterocycles. The summed E-state index contributed by atoms with van der Waals surface area (Å²) in [5, 5.41) is 10.6. The second-order valence-electron chi connectivity index (χ2n) is 5.09. The maximum absolute atomic E-state index is 10.6. The fraction of sp³-hybridized carbons (Fsp3) is 0.294. The van der Waals surface area contributed by atoms with Crippen molar-refractivity contribution in [2.75, 3.05) is 13.2 Å². The Hall–Kier alpha value is -2.00. The van der Waals surface area contributed by atoms with Crippen molar-refractivity contribution >= 4 is 0 Å². The maximum atomic E-state index is 10.6. The number of aliphatic hydroxyl groups is 1. The van der Waals surface area contributed by atoms with Crippen LogP contribution in [0, 0.1) is 13.8 Å². The summed E-state index contributed by atoms with van der Waals surface area (Å²) in [6, 6.07) is 11.6. The van der Waals surface area contributed by atoms with Crippen molar-refractivity contribution in [2.45, 2.75) is 20.0 Å². The molecule has 3 rings (SSSR count). The summed E-state index contributed by atoms with van der Waals surface area (Å²) in [4.78, 5) is 0. The Morgan fingerprint density at radius 2 is 1.75 bits per heavy atom. The van der Waals surface area contributed by atoms with Crippen LogP contribution in [-0.4, -0.2) is 18.3 Å². The van der Waals surface area contributed by atoms with Gasteiger partial charge in [0, 0.05) is 0 Å². The molecular formula is C17H18O3. The van der Waals surface area contributed by atoms with Crippen molar-refractivity contribution in [2.24, 2.45) is 0 Å². The van der Waals surface area contributed by atoms with Crippen LogP contribution in [0.25, 0.3) is 0 Å². The van der Waals surface area contributed by atoms with Crippen LogP contribution in [0.5, 0.6) is 11.5 Å². The molecule has 1 unspecified atom stereocenters. The molecule has 3 nitrogen and oxygen atoms in total.